The first-order chi connectivity index (χ1) is 13.6. The third-order valence-corrected chi connectivity index (χ3v) is 4.88. The van der Waals surface area contributed by atoms with Gasteiger partial charge in [-0.1, -0.05) is 0 Å². The lowest BCUT2D eigenvalue weighted by Crippen LogP contribution is -2.37. The maximum atomic E-state index is 13.4. The third-order valence-electron chi connectivity index (χ3n) is 4.88. The van der Waals surface area contributed by atoms with Gasteiger partial charge in [0.25, 0.3) is 0 Å². The Labute approximate surface area is 162 Å². The van der Waals surface area contributed by atoms with E-state index in [-0.39, 0.29) is 11.9 Å². The zero-order chi connectivity index (χ0) is 19.7. The van der Waals surface area contributed by atoms with E-state index in [4.69, 9.17) is 4.74 Å². The Hall–Kier alpha value is -3.22. The van der Waals surface area contributed by atoms with Gasteiger partial charge < -0.3 is 9.64 Å². The van der Waals surface area contributed by atoms with Gasteiger partial charge >= 0.3 is 6.09 Å². The molecule has 0 saturated carbocycles. The van der Waals surface area contributed by atoms with E-state index in [1.54, 1.807) is 34.8 Å². The van der Waals surface area contributed by atoms with Gasteiger partial charge in [-0.3, -0.25) is 9.67 Å². The lowest BCUT2D eigenvalue weighted by atomic mass is 9.94. The van der Waals surface area contributed by atoms with Crippen LogP contribution in [0.25, 0.3) is 22.4 Å². The molecule has 0 bridgehead atoms. The van der Waals surface area contributed by atoms with Crippen molar-refractivity contribution in [2.24, 2.45) is 7.05 Å². The van der Waals surface area contributed by atoms with Crippen LogP contribution in [0.1, 0.15) is 18.2 Å². The van der Waals surface area contributed by atoms with Gasteiger partial charge in [0, 0.05) is 54.8 Å². The molecule has 0 saturated heterocycles. The van der Waals surface area contributed by atoms with Crippen molar-refractivity contribution in [1.29, 1.82) is 0 Å². The first-order valence-electron chi connectivity index (χ1n) is 9.25. The van der Waals surface area contributed by atoms with Crippen molar-refractivity contribution in [1.82, 2.24) is 19.7 Å². The van der Waals surface area contributed by atoms with Crippen LogP contribution in [0.2, 0.25) is 0 Å². The zero-order valence-electron chi connectivity index (χ0n) is 15.9. The van der Waals surface area contributed by atoms with E-state index in [0.717, 1.165) is 33.6 Å². The molecule has 0 spiro atoms. The van der Waals surface area contributed by atoms with Crippen molar-refractivity contribution in [2.45, 2.75) is 19.9 Å². The van der Waals surface area contributed by atoms with Gasteiger partial charge in [0.05, 0.1) is 13.2 Å². The molecule has 7 heteroatoms. The van der Waals surface area contributed by atoms with Crippen molar-refractivity contribution >= 4 is 6.09 Å². The lowest BCUT2D eigenvalue weighted by molar-refractivity contribution is 0.102. The smallest absolute Gasteiger partial charge is 0.410 e. The second kappa shape index (κ2) is 7.42. The van der Waals surface area contributed by atoms with Crippen LogP contribution in [0.4, 0.5) is 9.18 Å². The summed E-state index contributed by atoms with van der Waals surface area (Å²) in [7, 11) is 1.86. The molecule has 1 aromatic carbocycles. The molecule has 6 nitrogen and oxygen atoms in total. The summed E-state index contributed by atoms with van der Waals surface area (Å²) in [6.07, 6.45) is 4.09. The van der Waals surface area contributed by atoms with E-state index in [1.807, 2.05) is 19.3 Å². The van der Waals surface area contributed by atoms with Gasteiger partial charge in [0.1, 0.15) is 11.5 Å². The summed E-state index contributed by atoms with van der Waals surface area (Å²) in [5.74, 6) is -0.285. The minimum absolute atomic E-state index is 0.285. The maximum Gasteiger partial charge on any atom is 0.410 e. The number of ether oxygens (including phenoxy) is 1. The fourth-order valence-electron chi connectivity index (χ4n) is 3.57. The monoisotopic (exact) mass is 380 g/mol. The van der Waals surface area contributed by atoms with Crippen molar-refractivity contribution < 1.29 is 13.9 Å². The normalized spacial score (nSPS) is 13.3. The fraction of sp³-hybridized carbons (Fsp3) is 0.286. The van der Waals surface area contributed by atoms with Crippen LogP contribution in [0, 0.1) is 5.82 Å². The van der Waals surface area contributed by atoms with Crippen molar-refractivity contribution in [3.63, 3.8) is 0 Å². The second-order valence-electron chi connectivity index (χ2n) is 6.73. The van der Waals surface area contributed by atoms with Crippen LogP contribution in [0.5, 0.6) is 0 Å². The number of aromatic nitrogens is 3. The van der Waals surface area contributed by atoms with Crippen molar-refractivity contribution in [3.8, 4) is 22.4 Å². The average Bonchev–Trinajstić information content (AvgIpc) is 3.09. The molecule has 0 atom stereocenters. The number of rotatable bonds is 3. The molecule has 0 aliphatic carbocycles. The predicted octanol–water partition coefficient (Wildman–Crippen LogP) is 3.80. The molecular weight excluding hydrogens is 359 g/mol. The van der Waals surface area contributed by atoms with Gasteiger partial charge in [-0.2, -0.15) is 5.10 Å². The quantitative estimate of drug-likeness (QED) is 0.693. The molecular formula is C21H21FN4O2. The minimum atomic E-state index is -0.312. The molecule has 0 unspecified atom stereocenters. The van der Waals surface area contributed by atoms with Gasteiger partial charge in [0.15, 0.2) is 0 Å². The topological polar surface area (TPSA) is 60.2 Å². The second-order valence-corrected chi connectivity index (χ2v) is 6.73. The number of aryl methyl sites for hydroxylation is 1. The number of carbonyl (C=O) groups excluding carboxylic acids is 1. The summed E-state index contributed by atoms with van der Waals surface area (Å²) in [4.78, 5) is 18.4. The summed E-state index contributed by atoms with van der Waals surface area (Å²) in [6, 6.07) is 8.24. The lowest BCUT2D eigenvalue weighted by Gasteiger charge is -2.28. The largest absolute Gasteiger partial charge is 0.450 e. The van der Waals surface area contributed by atoms with E-state index in [1.165, 1.54) is 12.1 Å². The highest BCUT2D eigenvalue weighted by Gasteiger charge is 2.26. The van der Waals surface area contributed by atoms with Crippen molar-refractivity contribution in [3.05, 3.63) is 59.8 Å². The third kappa shape index (κ3) is 3.35. The number of carbonyl (C=O) groups is 1. The fourth-order valence-corrected chi connectivity index (χ4v) is 3.57. The van der Waals surface area contributed by atoms with E-state index in [9.17, 15) is 9.18 Å². The zero-order valence-corrected chi connectivity index (χ0v) is 15.9. The number of benzene rings is 1. The SMILES string of the molecule is CCOC(=O)N1CCc2nccc(-c3cn(C)nc3-c3ccc(F)cc3)c2C1. The number of hydrogen-bond donors (Lipinski definition) is 0. The highest BCUT2D eigenvalue weighted by Crippen LogP contribution is 2.35. The van der Waals surface area contributed by atoms with E-state index < -0.39 is 0 Å². The van der Waals surface area contributed by atoms with Gasteiger partial charge in [-0.05, 0) is 42.8 Å². The number of pyridine rings is 1. The van der Waals surface area contributed by atoms with Crippen LogP contribution in [0.15, 0.2) is 42.7 Å². The summed E-state index contributed by atoms with van der Waals surface area (Å²) in [6.45, 7) is 3.17. The molecule has 2 aromatic heterocycles. The molecule has 144 valence electrons. The molecule has 3 heterocycles. The summed E-state index contributed by atoms with van der Waals surface area (Å²) in [5.41, 5.74) is 5.49. The minimum Gasteiger partial charge on any atom is -0.450 e. The van der Waals surface area contributed by atoms with Crippen LogP contribution in [0.3, 0.4) is 0 Å². The highest BCUT2D eigenvalue weighted by atomic mass is 19.1. The number of nitrogens with zero attached hydrogens (tertiary/aromatic N) is 4. The average molecular weight is 380 g/mol. The Morgan fingerprint density at radius 1 is 1.21 bits per heavy atom. The molecule has 1 amide bonds. The van der Waals surface area contributed by atoms with E-state index >= 15 is 0 Å². The van der Waals surface area contributed by atoms with Gasteiger partial charge in [-0.25, -0.2) is 9.18 Å². The number of hydrogen-bond acceptors (Lipinski definition) is 4. The first kappa shape index (κ1) is 18.2. The summed E-state index contributed by atoms with van der Waals surface area (Å²) < 4.78 is 20.3. The Kier molecular flexibility index (Phi) is 4.81. The van der Waals surface area contributed by atoms with Crippen LogP contribution < -0.4 is 0 Å². The predicted molar refractivity (Wildman–Crippen MR) is 103 cm³/mol. The number of amides is 1. The van der Waals surface area contributed by atoms with Gasteiger partial charge in [-0.15, -0.1) is 0 Å². The number of halogens is 1. The summed E-state index contributed by atoms with van der Waals surface area (Å²) >= 11 is 0. The van der Waals surface area contributed by atoms with Crippen LogP contribution >= 0.6 is 0 Å². The Morgan fingerprint density at radius 3 is 2.75 bits per heavy atom. The van der Waals surface area contributed by atoms with Crippen LogP contribution in [-0.4, -0.2) is 38.9 Å². The highest BCUT2D eigenvalue weighted by molar-refractivity contribution is 5.82. The van der Waals surface area contributed by atoms with Gasteiger partial charge in [0.2, 0.25) is 0 Å². The molecule has 0 N–H and O–H groups in total. The molecule has 28 heavy (non-hydrogen) atoms. The van der Waals surface area contributed by atoms with Crippen molar-refractivity contribution in [2.75, 3.05) is 13.2 Å². The maximum absolute atomic E-state index is 13.4. The molecule has 3 aromatic rings. The Morgan fingerprint density at radius 2 is 2.00 bits per heavy atom. The Bertz CT molecular complexity index is 1010. The molecule has 4 rings (SSSR count). The van der Waals surface area contributed by atoms with E-state index in [0.29, 0.717) is 26.1 Å². The van der Waals surface area contributed by atoms with E-state index in [2.05, 4.69) is 10.1 Å². The molecule has 0 fully saturated rings. The van der Waals surface area contributed by atoms with Crippen LogP contribution in [-0.2, 0) is 24.8 Å². The molecule has 1 aliphatic rings. The Balaban J connectivity index is 1.78. The summed E-state index contributed by atoms with van der Waals surface area (Å²) in [5, 5.41) is 4.59. The standard InChI is InChI=1S/C21H21FN4O2/c1-3-28-21(27)26-11-9-19-17(13-26)16(8-10-23-19)18-12-25(2)24-20(18)14-4-6-15(22)7-5-14/h4-8,10,12H,3,9,11,13H2,1-2H3. The number of fused-ring (bicyclic) bond motifs is 1. The molecule has 1 aliphatic heterocycles. The molecule has 0 radical (unpaired) electrons. The first-order valence-corrected chi connectivity index (χ1v) is 9.25.